The van der Waals surface area contributed by atoms with Gasteiger partial charge in [-0.2, -0.15) is 0 Å². The number of amides is 1. The van der Waals surface area contributed by atoms with Crippen LogP contribution in [0.5, 0.6) is 11.5 Å². The van der Waals surface area contributed by atoms with Gasteiger partial charge in [-0.25, -0.2) is 0 Å². The molecule has 0 aliphatic rings. The zero-order valence-electron chi connectivity index (χ0n) is 14.6. The highest BCUT2D eigenvalue weighted by atomic mass is 32.1. The zero-order chi connectivity index (χ0) is 19.8. The van der Waals surface area contributed by atoms with Crippen molar-refractivity contribution in [2.24, 2.45) is 0 Å². The van der Waals surface area contributed by atoms with Crippen LogP contribution >= 0.6 is 12.2 Å². The van der Waals surface area contributed by atoms with Gasteiger partial charge in [0.1, 0.15) is 0 Å². The Morgan fingerprint density at radius 2 is 1.78 bits per heavy atom. The first-order valence-corrected chi connectivity index (χ1v) is 8.10. The summed E-state index contributed by atoms with van der Waals surface area (Å²) < 4.78 is 10.4. The summed E-state index contributed by atoms with van der Waals surface area (Å²) in [5, 5.41) is 16.1. The number of nitro benzene ring substituents is 1. The Bertz CT molecular complexity index is 881. The predicted octanol–water partition coefficient (Wildman–Crippen LogP) is 3.14. The van der Waals surface area contributed by atoms with E-state index < -0.39 is 10.8 Å². The number of carbonyl (C=O) groups is 1. The number of hydrogen-bond donors (Lipinski definition) is 2. The summed E-state index contributed by atoms with van der Waals surface area (Å²) in [5.74, 6) is 0.657. The molecule has 140 valence electrons. The molecule has 0 aromatic heterocycles. The SMILES string of the molecule is COc1ccc(NC(=S)NC(=O)/C=C/c2ccc([N+](=O)[O-])cc2)cc1OC. The van der Waals surface area contributed by atoms with E-state index >= 15 is 0 Å². The molecule has 0 radical (unpaired) electrons. The highest BCUT2D eigenvalue weighted by molar-refractivity contribution is 7.80. The number of carbonyl (C=O) groups excluding carboxylic acids is 1. The van der Waals surface area contributed by atoms with Gasteiger partial charge >= 0.3 is 0 Å². The second-order valence-electron chi connectivity index (χ2n) is 5.20. The fourth-order valence-corrected chi connectivity index (χ4v) is 2.33. The van der Waals surface area contributed by atoms with Crippen LogP contribution in [0.15, 0.2) is 48.5 Å². The molecule has 0 unspecified atom stereocenters. The molecule has 0 saturated carbocycles. The average Bonchev–Trinajstić information content (AvgIpc) is 2.66. The largest absolute Gasteiger partial charge is 0.493 e. The quantitative estimate of drug-likeness (QED) is 0.340. The normalized spacial score (nSPS) is 10.3. The van der Waals surface area contributed by atoms with Gasteiger partial charge in [0.15, 0.2) is 16.6 Å². The van der Waals surface area contributed by atoms with Gasteiger partial charge in [0, 0.05) is 30.0 Å². The number of benzene rings is 2. The lowest BCUT2D eigenvalue weighted by Crippen LogP contribution is -2.32. The predicted molar refractivity (Wildman–Crippen MR) is 106 cm³/mol. The molecule has 0 aliphatic carbocycles. The van der Waals surface area contributed by atoms with Crippen molar-refractivity contribution in [3.05, 3.63) is 64.2 Å². The van der Waals surface area contributed by atoms with Crippen molar-refractivity contribution in [2.45, 2.75) is 0 Å². The minimum atomic E-state index is -0.488. The second-order valence-corrected chi connectivity index (χ2v) is 5.60. The number of hydrogen-bond acceptors (Lipinski definition) is 6. The van der Waals surface area contributed by atoms with E-state index in [2.05, 4.69) is 10.6 Å². The first-order valence-electron chi connectivity index (χ1n) is 7.69. The van der Waals surface area contributed by atoms with Crippen molar-refractivity contribution in [2.75, 3.05) is 19.5 Å². The molecule has 9 heteroatoms. The fraction of sp³-hybridized carbons (Fsp3) is 0.111. The molecule has 0 heterocycles. The van der Waals surface area contributed by atoms with Crippen LogP contribution < -0.4 is 20.1 Å². The maximum Gasteiger partial charge on any atom is 0.269 e. The molecular formula is C18H17N3O5S. The summed E-state index contributed by atoms with van der Waals surface area (Å²) in [4.78, 5) is 22.1. The van der Waals surface area contributed by atoms with Crippen molar-refractivity contribution < 1.29 is 19.2 Å². The average molecular weight is 387 g/mol. The van der Waals surface area contributed by atoms with Gasteiger partial charge in [0.05, 0.1) is 19.1 Å². The summed E-state index contributed by atoms with van der Waals surface area (Å²) >= 11 is 5.11. The van der Waals surface area contributed by atoms with E-state index in [1.165, 1.54) is 38.5 Å². The molecule has 8 nitrogen and oxygen atoms in total. The number of methoxy groups -OCH3 is 2. The third-order valence-electron chi connectivity index (χ3n) is 3.41. The van der Waals surface area contributed by atoms with Crippen molar-refractivity contribution in [3.63, 3.8) is 0 Å². The summed E-state index contributed by atoms with van der Waals surface area (Å²) in [7, 11) is 3.05. The number of rotatable bonds is 6. The third kappa shape index (κ3) is 5.79. The van der Waals surface area contributed by atoms with E-state index in [1.54, 1.807) is 30.3 Å². The standard InChI is InChI=1S/C18H17N3O5S/c1-25-15-9-6-13(11-16(15)26-2)19-18(27)20-17(22)10-5-12-3-7-14(8-4-12)21(23)24/h3-11H,1-2H3,(H2,19,20,22,27)/b10-5+. The Morgan fingerprint density at radius 3 is 2.37 bits per heavy atom. The lowest BCUT2D eigenvalue weighted by Gasteiger charge is -2.12. The summed E-state index contributed by atoms with van der Waals surface area (Å²) in [6, 6.07) is 10.9. The number of nitrogens with zero attached hydrogens (tertiary/aromatic N) is 1. The van der Waals surface area contributed by atoms with Crippen LogP contribution in [-0.2, 0) is 4.79 Å². The lowest BCUT2D eigenvalue weighted by molar-refractivity contribution is -0.384. The van der Waals surface area contributed by atoms with E-state index in [9.17, 15) is 14.9 Å². The molecule has 2 rings (SSSR count). The lowest BCUT2D eigenvalue weighted by atomic mass is 10.2. The Morgan fingerprint density at radius 1 is 1.11 bits per heavy atom. The van der Waals surface area contributed by atoms with Crippen molar-refractivity contribution >= 4 is 40.7 Å². The maximum absolute atomic E-state index is 11.9. The van der Waals surface area contributed by atoms with Crippen LogP contribution in [0.2, 0.25) is 0 Å². The van der Waals surface area contributed by atoms with Crippen LogP contribution in [0.3, 0.4) is 0 Å². The Kier molecular flexibility index (Phi) is 6.84. The molecule has 2 N–H and O–H groups in total. The van der Waals surface area contributed by atoms with Gasteiger partial charge in [-0.1, -0.05) is 0 Å². The highest BCUT2D eigenvalue weighted by Gasteiger charge is 2.07. The van der Waals surface area contributed by atoms with E-state index in [4.69, 9.17) is 21.7 Å². The monoisotopic (exact) mass is 387 g/mol. The zero-order valence-corrected chi connectivity index (χ0v) is 15.4. The van der Waals surface area contributed by atoms with Gasteiger partial charge in [0.25, 0.3) is 5.69 Å². The van der Waals surface area contributed by atoms with E-state index in [0.29, 0.717) is 22.7 Å². The van der Waals surface area contributed by atoms with Crippen molar-refractivity contribution in [1.82, 2.24) is 5.32 Å². The van der Waals surface area contributed by atoms with E-state index in [-0.39, 0.29) is 10.8 Å². The number of nitro groups is 1. The minimum absolute atomic E-state index is 0.0168. The fourth-order valence-electron chi connectivity index (χ4n) is 2.11. The first-order chi connectivity index (χ1) is 12.9. The van der Waals surface area contributed by atoms with E-state index in [1.807, 2.05) is 0 Å². The number of thiocarbonyl (C=S) groups is 1. The first kappa shape index (κ1) is 19.9. The number of anilines is 1. The number of non-ortho nitro benzene ring substituents is 1. The molecule has 0 atom stereocenters. The van der Waals surface area contributed by atoms with Crippen molar-refractivity contribution in [1.29, 1.82) is 0 Å². The topological polar surface area (TPSA) is 103 Å². The van der Waals surface area contributed by atoms with Gasteiger partial charge in [0.2, 0.25) is 5.91 Å². The molecule has 0 spiro atoms. The molecule has 1 amide bonds. The summed E-state index contributed by atoms with van der Waals surface area (Å²) in [6.07, 6.45) is 2.81. The van der Waals surface area contributed by atoms with Crippen molar-refractivity contribution in [3.8, 4) is 11.5 Å². The molecule has 27 heavy (non-hydrogen) atoms. The minimum Gasteiger partial charge on any atom is -0.493 e. The number of ether oxygens (including phenoxy) is 2. The summed E-state index contributed by atoms with van der Waals surface area (Å²) in [6.45, 7) is 0. The molecule has 0 bridgehead atoms. The molecular weight excluding hydrogens is 370 g/mol. The van der Waals surface area contributed by atoms with Crippen LogP contribution in [0, 0.1) is 10.1 Å². The molecule has 2 aromatic rings. The van der Waals surface area contributed by atoms with Crippen LogP contribution in [0.4, 0.5) is 11.4 Å². The van der Waals surface area contributed by atoms with Gasteiger partial charge in [-0.05, 0) is 48.1 Å². The molecule has 0 aliphatic heterocycles. The Labute approximate surface area is 160 Å². The van der Waals surface area contributed by atoms with Crippen LogP contribution in [-0.4, -0.2) is 30.2 Å². The molecule has 0 saturated heterocycles. The highest BCUT2D eigenvalue weighted by Crippen LogP contribution is 2.29. The molecule has 0 fully saturated rings. The maximum atomic E-state index is 11.9. The van der Waals surface area contributed by atoms with Gasteiger partial charge in [-0.15, -0.1) is 0 Å². The van der Waals surface area contributed by atoms with Crippen LogP contribution in [0.1, 0.15) is 5.56 Å². The molecule has 2 aromatic carbocycles. The van der Waals surface area contributed by atoms with E-state index in [0.717, 1.165) is 0 Å². The number of nitrogens with one attached hydrogen (secondary N) is 2. The van der Waals surface area contributed by atoms with Gasteiger partial charge in [-0.3, -0.25) is 20.2 Å². The third-order valence-corrected chi connectivity index (χ3v) is 3.61. The Balaban J connectivity index is 1.93. The van der Waals surface area contributed by atoms with Gasteiger partial charge < -0.3 is 14.8 Å². The second kappa shape index (κ2) is 9.30. The summed E-state index contributed by atoms with van der Waals surface area (Å²) in [5.41, 5.74) is 1.25. The smallest absolute Gasteiger partial charge is 0.269 e. The Hall–Kier alpha value is -3.46. The van der Waals surface area contributed by atoms with Crippen LogP contribution in [0.25, 0.3) is 6.08 Å².